The van der Waals surface area contributed by atoms with Gasteiger partial charge in [-0.25, -0.2) is 13.8 Å². The average Bonchev–Trinajstić information content (AvgIpc) is 2.96. The molecule has 0 N–H and O–H groups in total. The van der Waals surface area contributed by atoms with Gasteiger partial charge < -0.3 is 9.47 Å². The van der Waals surface area contributed by atoms with Crippen LogP contribution in [0.1, 0.15) is 19.7 Å². The van der Waals surface area contributed by atoms with Crippen LogP contribution in [0.15, 0.2) is 42.5 Å². The van der Waals surface area contributed by atoms with Crippen LogP contribution in [0.3, 0.4) is 0 Å². The van der Waals surface area contributed by atoms with Crippen LogP contribution in [-0.4, -0.2) is 47.2 Å². The maximum atomic E-state index is 13.5. The number of benzene rings is 2. The minimum atomic E-state index is -0.250. The molecule has 2 heterocycles. The van der Waals surface area contributed by atoms with Crippen molar-refractivity contribution in [1.29, 1.82) is 0 Å². The summed E-state index contributed by atoms with van der Waals surface area (Å²) in [6.45, 7) is 12.2. The molecule has 29 heavy (non-hydrogen) atoms. The molecular weight excluding hydrogens is 370 g/mol. The van der Waals surface area contributed by atoms with Crippen molar-refractivity contribution in [3.05, 3.63) is 59.9 Å². The number of hydrogen-bond donors (Lipinski definition) is 0. The summed E-state index contributed by atoms with van der Waals surface area (Å²) in [6.07, 6.45) is 0. The summed E-state index contributed by atoms with van der Waals surface area (Å²) in [5, 5.41) is 0. The van der Waals surface area contributed by atoms with Crippen molar-refractivity contribution in [2.75, 3.05) is 37.6 Å². The molecule has 1 aliphatic rings. The van der Waals surface area contributed by atoms with Crippen molar-refractivity contribution in [2.45, 2.75) is 27.3 Å². The molecule has 0 bridgehead atoms. The maximum absolute atomic E-state index is 13.5. The quantitative estimate of drug-likeness (QED) is 0.634. The van der Waals surface area contributed by atoms with Gasteiger partial charge in [0.2, 0.25) is 0 Å². The smallest absolute Gasteiger partial charge is 0.125 e. The maximum Gasteiger partial charge on any atom is 0.125 e. The number of nitrogens with zero attached hydrogens (tertiary/aromatic N) is 4. The molecule has 1 fully saturated rings. The first kappa shape index (κ1) is 19.8. The van der Waals surface area contributed by atoms with Crippen LogP contribution in [0.5, 0.6) is 0 Å². The molecule has 4 nitrogen and oxygen atoms in total. The van der Waals surface area contributed by atoms with Gasteiger partial charge in [-0.15, -0.1) is 0 Å². The first-order valence-corrected chi connectivity index (χ1v) is 10.2. The number of rotatable bonds is 5. The average molecular weight is 399 g/mol. The van der Waals surface area contributed by atoms with Crippen molar-refractivity contribution in [1.82, 2.24) is 14.5 Å². The zero-order chi connectivity index (χ0) is 20.6. The molecule has 0 atom stereocenters. The lowest BCUT2D eigenvalue weighted by Gasteiger charge is -2.40. The fourth-order valence-electron chi connectivity index (χ4n) is 4.32. The molecular formula is C23H28F2N4. The number of aryl methyl sites for hydroxylation is 1. The Labute approximate surface area is 170 Å². The molecule has 0 spiro atoms. The molecule has 0 unspecified atom stereocenters. The Morgan fingerprint density at radius 2 is 1.55 bits per heavy atom. The highest BCUT2D eigenvalue weighted by molar-refractivity contribution is 5.76. The largest absolute Gasteiger partial charge is 0.369 e. The van der Waals surface area contributed by atoms with E-state index in [1.807, 2.05) is 25.1 Å². The summed E-state index contributed by atoms with van der Waals surface area (Å²) in [5.74, 6) is 0.472. The third-order valence-electron chi connectivity index (χ3n) is 5.70. The van der Waals surface area contributed by atoms with Gasteiger partial charge in [-0.2, -0.15) is 0 Å². The van der Waals surface area contributed by atoms with Gasteiger partial charge in [0, 0.05) is 51.0 Å². The van der Waals surface area contributed by atoms with Crippen molar-refractivity contribution in [3.8, 4) is 0 Å². The van der Waals surface area contributed by atoms with Gasteiger partial charge in [-0.1, -0.05) is 13.8 Å². The van der Waals surface area contributed by atoms with Crippen molar-refractivity contribution in [3.63, 3.8) is 0 Å². The first-order chi connectivity index (χ1) is 13.8. The van der Waals surface area contributed by atoms with Gasteiger partial charge in [0.05, 0.1) is 11.0 Å². The molecule has 154 valence electrons. The van der Waals surface area contributed by atoms with E-state index in [1.165, 1.54) is 24.3 Å². The molecule has 0 amide bonds. The molecule has 1 aromatic heterocycles. The van der Waals surface area contributed by atoms with Crippen LogP contribution in [0.2, 0.25) is 0 Å². The molecule has 0 radical (unpaired) electrons. The lowest BCUT2D eigenvalue weighted by atomic mass is 9.92. The predicted molar refractivity (Wildman–Crippen MR) is 113 cm³/mol. The zero-order valence-electron chi connectivity index (χ0n) is 17.3. The monoisotopic (exact) mass is 398 g/mol. The minimum Gasteiger partial charge on any atom is -0.369 e. The molecule has 6 heteroatoms. The Morgan fingerprint density at radius 1 is 0.897 bits per heavy atom. The van der Waals surface area contributed by atoms with E-state index in [4.69, 9.17) is 0 Å². The van der Waals surface area contributed by atoms with Crippen molar-refractivity contribution in [2.24, 2.45) is 5.41 Å². The predicted octanol–water partition coefficient (Wildman–Crippen LogP) is 4.47. The summed E-state index contributed by atoms with van der Waals surface area (Å²) in [7, 11) is 0. The molecule has 3 aromatic rings. The van der Waals surface area contributed by atoms with Crippen molar-refractivity contribution < 1.29 is 8.78 Å². The summed E-state index contributed by atoms with van der Waals surface area (Å²) in [4.78, 5) is 9.34. The minimum absolute atomic E-state index is 0.0464. The van der Waals surface area contributed by atoms with E-state index < -0.39 is 0 Å². The Balaban J connectivity index is 1.39. The van der Waals surface area contributed by atoms with Gasteiger partial charge in [-0.05, 0) is 48.7 Å². The van der Waals surface area contributed by atoms with E-state index in [9.17, 15) is 8.78 Å². The zero-order valence-corrected chi connectivity index (χ0v) is 17.3. The lowest BCUT2D eigenvalue weighted by molar-refractivity contribution is 0.153. The third-order valence-corrected chi connectivity index (χ3v) is 5.70. The van der Waals surface area contributed by atoms with Crippen LogP contribution in [0.25, 0.3) is 11.0 Å². The molecule has 0 aliphatic carbocycles. The Morgan fingerprint density at radius 3 is 2.24 bits per heavy atom. The van der Waals surface area contributed by atoms with Gasteiger partial charge >= 0.3 is 0 Å². The standard InChI is InChI=1S/C23H28F2N4/c1-17-26-21-14-19(25)6-9-22(21)29(17)16-23(2,3)15-27-10-12-28(13-11-27)20-7-4-18(24)5-8-20/h4-9,14H,10-13,15-16H2,1-3H3. The van der Waals surface area contributed by atoms with Crippen LogP contribution >= 0.6 is 0 Å². The lowest BCUT2D eigenvalue weighted by Crippen LogP contribution is -2.49. The number of piperazine rings is 1. The van der Waals surface area contributed by atoms with Crippen LogP contribution in [0, 0.1) is 24.0 Å². The van der Waals surface area contributed by atoms with E-state index in [1.54, 1.807) is 0 Å². The summed E-state index contributed by atoms with van der Waals surface area (Å²) in [5.41, 5.74) is 2.83. The molecule has 4 rings (SSSR count). The van der Waals surface area contributed by atoms with E-state index in [-0.39, 0.29) is 17.0 Å². The summed E-state index contributed by atoms with van der Waals surface area (Å²) >= 11 is 0. The fourth-order valence-corrected chi connectivity index (χ4v) is 4.32. The highest BCUT2D eigenvalue weighted by Crippen LogP contribution is 2.26. The van der Waals surface area contributed by atoms with Crippen LogP contribution in [-0.2, 0) is 6.54 Å². The molecule has 0 saturated carbocycles. The highest BCUT2D eigenvalue weighted by atomic mass is 19.1. The van der Waals surface area contributed by atoms with Gasteiger partial charge in [-0.3, -0.25) is 4.90 Å². The number of aromatic nitrogens is 2. The topological polar surface area (TPSA) is 24.3 Å². The number of hydrogen-bond acceptors (Lipinski definition) is 3. The SMILES string of the molecule is Cc1nc2cc(F)ccc2n1CC(C)(C)CN1CCN(c2ccc(F)cc2)CC1. The van der Waals surface area contributed by atoms with E-state index in [0.29, 0.717) is 5.52 Å². The Bertz CT molecular complexity index is 986. The Kier molecular flexibility index (Phi) is 5.30. The number of imidazole rings is 1. The molecule has 1 saturated heterocycles. The number of anilines is 1. The van der Waals surface area contributed by atoms with Crippen LogP contribution < -0.4 is 4.90 Å². The third kappa shape index (κ3) is 4.42. The second kappa shape index (κ2) is 7.75. The van der Waals surface area contributed by atoms with E-state index >= 15 is 0 Å². The first-order valence-electron chi connectivity index (χ1n) is 10.2. The summed E-state index contributed by atoms with van der Waals surface area (Å²) in [6, 6.07) is 11.6. The van der Waals surface area contributed by atoms with Crippen LogP contribution in [0.4, 0.5) is 14.5 Å². The van der Waals surface area contributed by atoms with E-state index in [2.05, 4.69) is 33.2 Å². The van der Waals surface area contributed by atoms with E-state index in [0.717, 1.165) is 56.3 Å². The Hall–Kier alpha value is -2.47. The number of fused-ring (bicyclic) bond motifs is 1. The van der Waals surface area contributed by atoms with Crippen molar-refractivity contribution >= 4 is 16.7 Å². The highest BCUT2D eigenvalue weighted by Gasteiger charge is 2.27. The van der Waals surface area contributed by atoms with Gasteiger partial charge in [0.1, 0.15) is 17.5 Å². The van der Waals surface area contributed by atoms with Gasteiger partial charge in [0.15, 0.2) is 0 Å². The fraction of sp³-hybridized carbons (Fsp3) is 0.435. The number of halogens is 2. The normalized spacial score (nSPS) is 16.0. The second-order valence-corrected chi connectivity index (χ2v) is 8.78. The summed E-state index contributed by atoms with van der Waals surface area (Å²) < 4.78 is 28.9. The molecule has 2 aromatic carbocycles. The molecule has 1 aliphatic heterocycles. The van der Waals surface area contributed by atoms with Gasteiger partial charge in [0.25, 0.3) is 0 Å². The second-order valence-electron chi connectivity index (χ2n) is 8.78.